The smallest absolute Gasteiger partial charge is 0.137 e. The highest BCUT2D eigenvalue weighted by Gasteiger charge is 2.07. The number of fused-ring (bicyclic) bond motifs is 1. The maximum absolute atomic E-state index is 7.55. The van der Waals surface area contributed by atoms with Crippen LogP contribution in [0.25, 0.3) is 28.0 Å². The van der Waals surface area contributed by atoms with Crippen LogP contribution in [0.2, 0.25) is 0 Å². The molecule has 0 atom stereocenters. The van der Waals surface area contributed by atoms with E-state index in [0.717, 1.165) is 28.0 Å². The van der Waals surface area contributed by atoms with Crippen LogP contribution in [0.4, 0.5) is 0 Å². The molecule has 6 heteroatoms. The van der Waals surface area contributed by atoms with Crippen molar-refractivity contribution in [3.05, 3.63) is 84.2 Å². The number of aromatic nitrogens is 2. The second kappa shape index (κ2) is 6.42. The van der Waals surface area contributed by atoms with Crippen LogP contribution < -0.4 is 11.5 Å². The minimum atomic E-state index is 0.0345. The Morgan fingerprint density at radius 1 is 0.667 bits per heavy atom. The summed E-state index contributed by atoms with van der Waals surface area (Å²) < 4.78 is 1.88. The molecule has 2 aromatic heterocycles. The Balaban J connectivity index is 1.64. The fourth-order valence-corrected chi connectivity index (χ4v) is 2.97. The first-order valence-electron chi connectivity index (χ1n) is 8.40. The van der Waals surface area contributed by atoms with E-state index in [-0.39, 0.29) is 11.7 Å². The highest BCUT2D eigenvalue weighted by Crippen LogP contribution is 2.25. The van der Waals surface area contributed by atoms with E-state index in [1.807, 2.05) is 65.2 Å². The summed E-state index contributed by atoms with van der Waals surface area (Å²) in [6.45, 7) is 0. The zero-order chi connectivity index (χ0) is 19.0. The monoisotopic (exact) mass is 354 g/mol. The number of nitrogens with one attached hydrogen (secondary N) is 2. The topological polar surface area (TPSA) is 117 Å². The molecule has 4 aromatic rings. The highest BCUT2D eigenvalue weighted by atomic mass is 15.0. The first-order chi connectivity index (χ1) is 13.0. The van der Waals surface area contributed by atoms with Crippen molar-refractivity contribution < 1.29 is 0 Å². The molecule has 2 heterocycles. The molecule has 0 aliphatic heterocycles. The van der Waals surface area contributed by atoms with Gasteiger partial charge in [0, 0.05) is 29.1 Å². The average Bonchev–Trinajstić information content (AvgIpc) is 3.11. The summed E-state index contributed by atoms with van der Waals surface area (Å²) in [5.41, 5.74) is 17.2. The van der Waals surface area contributed by atoms with Crippen LogP contribution in [0.1, 0.15) is 11.1 Å². The van der Waals surface area contributed by atoms with E-state index in [0.29, 0.717) is 11.1 Å². The predicted molar refractivity (Wildman–Crippen MR) is 108 cm³/mol. The van der Waals surface area contributed by atoms with Gasteiger partial charge in [-0.1, -0.05) is 48.5 Å². The van der Waals surface area contributed by atoms with E-state index < -0.39 is 0 Å². The number of hydrogen-bond donors (Lipinski definition) is 4. The second-order valence-corrected chi connectivity index (χ2v) is 6.29. The first-order valence-corrected chi connectivity index (χ1v) is 8.40. The predicted octanol–water partition coefficient (Wildman–Crippen LogP) is 3.24. The summed E-state index contributed by atoms with van der Waals surface area (Å²) in [6, 6.07) is 19.4. The van der Waals surface area contributed by atoms with Crippen LogP contribution in [0.15, 0.2) is 73.1 Å². The van der Waals surface area contributed by atoms with Crippen molar-refractivity contribution in [1.29, 1.82) is 10.8 Å². The van der Waals surface area contributed by atoms with Gasteiger partial charge in [0.15, 0.2) is 0 Å². The van der Waals surface area contributed by atoms with Gasteiger partial charge in [-0.3, -0.25) is 10.8 Å². The molecule has 0 radical (unpaired) electrons. The highest BCUT2D eigenvalue weighted by molar-refractivity contribution is 5.95. The molecular formula is C21H18N6. The van der Waals surface area contributed by atoms with Crippen molar-refractivity contribution >= 4 is 17.3 Å². The quantitative estimate of drug-likeness (QED) is 0.333. The summed E-state index contributed by atoms with van der Waals surface area (Å²) in [5, 5.41) is 15.0. The van der Waals surface area contributed by atoms with E-state index in [1.165, 1.54) is 0 Å². The van der Waals surface area contributed by atoms with Gasteiger partial charge in [-0.05, 0) is 23.3 Å². The Labute approximate surface area is 156 Å². The Morgan fingerprint density at radius 3 is 1.78 bits per heavy atom. The minimum Gasteiger partial charge on any atom is -0.384 e. The largest absolute Gasteiger partial charge is 0.384 e. The third-order valence-corrected chi connectivity index (χ3v) is 4.47. The molecule has 132 valence electrons. The lowest BCUT2D eigenvalue weighted by Crippen LogP contribution is -2.11. The van der Waals surface area contributed by atoms with Gasteiger partial charge in [0.1, 0.15) is 17.3 Å². The summed E-state index contributed by atoms with van der Waals surface area (Å²) in [7, 11) is 0. The van der Waals surface area contributed by atoms with E-state index >= 15 is 0 Å². The normalized spacial score (nSPS) is 10.8. The summed E-state index contributed by atoms with van der Waals surface area (Å²) >= 11 is 0. The number of nitrogen functional groups attached to an aromatic ring is 2. The average molecular weight is 354 g/mol. The second-order valence-electron chi connectivity index (χ2n) is 6.29. The Hall–Kier alpha value is -3.93. The van der Waals surface area contributed by atoms with E-state index in [9.17, 15) is 0 Å². The molecule has 6 nitrogen and oxygen atoms in total. The van der Waals surface area contributed by atoms with Gasteiger partial charge in [-0.25, -0.2) is 4.98 Å². The molecule has 0 fully saturated rings. The molecule has 27 heavy (non-hydrogen) atoms. The zero-order valence-electron chi connectivity index (χ0n) is 14.5. The van der Waals surface area contributed by atoms with E-state index in [4.69, 9.17) is 22.3 Å². The maximum Gasteiger partial charge on any atom is 0.137 e. The molecule has 6 N–H and O–H groups in total. The van der Waals surface area contributed by atoms with Crippen LogP contribution in [0.3, 0.4) is 0 Å². The lowest BCUT2D eigenvalue weighted by atomic mass is 10.0. The van der Waals surface area contributed by atoms with Crippen molar-refractivity contribution in [2.45, 2.75) is 0 Å². The number of rotatable bonds is 4. The Morgan fingerprint density at radius 2 is 1.19 bits per heavy atom. The van der Waals surface area contributed by atoms with Crippen LogP contribution in [0, 0.1) is 10.8 Å². The SMILES string of the molecule is N=C(N)c1ccc(-c2ccc(-c3cn4cc(C(=N)N)ccc4n3)cc2)cc1. The van der Waals surface area contributed by atoms with Gasteiger partial charge in [0.05, 0.1) is 5.69 Å². The third kappa shape index (κ3) is 3.16. The number of pyridine rings is 1. The van der Waals surface area contributed by atoms with Crippen molar-refractivity contribution in [1.82, 2.24) is 9.38 Å². The molecule has 0 amide bonds. The standard InChI is InChI=1S/C21H18N6/c22-20(23)16-7-3-14(4-8-16)13-1-5-15(6-2-13)18-12-27-11-17(21(24)25)9-10-19(27)26-18/h1-12H,(H3,22,23)(H3,24,25). The summed E-state index contributed by atoms with van der Waals surface area (Å²) in [6.07, 6.45) is 3.73. The number of benzene rings is 2. The molecular weight excluding hydrogens is 336 g/mol. The molecule has 0 aliphatic rings. The first kappa shape index (κ1) is 16.5. The lowest BCUT2D eigenvalue weighted by Gasteiger charge is -2.04. The minimum absolute atomic E-state index is 0.0345. The summed E-state index contributed by atoms with van der Waals surface area (Å²) in [5.74, 6) is 0.101. The Kier molecular flexibility index (Phi) is 3.93. The third-order valence-electron chi connectivity index (χ3n) is 4.47. The van der Waals surface area contributed by atoms with Crippen LogP contribution in [-0.4, -0.2) is 21.1 Å². The van der Waals surface area contributed by atoms with Crippen molar-refractivity contribution in [3.8, 4) is 22.4 Å². The van der Waals surface area contributed by atoms with Crippen LogP contribution >= 0.6 is 0 Å². The van der Waals surface area contributed by atoms with E-state index in [2.05, 4.69) is 4.98 Å². The molecule has 0 aliphatic carbocycles. The molecule has 0 bridgehead atoms. The number of amidine groups is 2. The van der Waals surface area contributed by atoms with Crippen molar-refractivity contribution in [3.63, 3.8) is 0 Å². The van der Waals surface area contributed by atoms with E-state index in [1.54, 1.807) is 12.3 Å². The van der Waals surface area contributed by atoms with Crippen molar-refractivity contribution in [2.24, 2.45) is 11.5 Å². The molecule has 0 saturated heterocycles. The van der Waals surface area contributed by atoms with Gasteiger partial charge >= 0.3 is 0 Å². The number of nitrogens with two attached hydrogens (primary N) is 2. The lowest BCUT2D eigenvalue weighted by molar-refractivity contribution is 1.17. The van der Waals surface area contributed by atoms with Gasteiger partial charge in [-0.2, -0.15) is 0 Å². The van der Waals surface area contributed by atoms with Crippen molar-refractivity contribution in [2.75, 3.05) is 0 Å². The maximum atomic E-state index is 7.55. The molecule has 2 aromatic carbocycles. The Bertz CT molecular complexity index is 1150. The molecule has 0 saturated carbocycles. The molecule has 4 rings (SSSR count). The van der Waals surface area contributed by atoms with Crippen LogP contribution in [0.5, 0.6) is 0 Å². The molecule has 0 unspecified atom stereocenters. The van der Waals surface area contributed by atoms with Gasteiger partial charge < -0.3 is 15.9 Å². The van der Waals surface area contributed by atoms with Gasteiger partial charge in [-0.15, -0.1) is 0 Å². The fraction of sp³-hybridized carbons (Fsp3) is 0. The van der Waals surface area contributed by atoms with Crippen LogP contribution in [-0.2, 0) is 0 Å². The fourth-order valence-electron chi connectivity index (χ4n) is 2.97. The van der Waals surface area contributed by atoms with Gasteiger partial charge in [0.25, 0.3) is 0 Å². The number of nitrogens with zero attached hydrogens (tertiary/aromatic N) is 2. The number of imidazole rings is 1. The summed E-state index contributed by atoms with van der Waals surface area (Å²) in [4.78, 5) is 4.63. The number of hydrogen-bond acceptors (Lipinski definition) is 3. The van der Waals surface area contributed by atoms with Gasteiger partial charge in [0.2, 0.25) is 0 Å². The zero-order valence-corrected chi connectivity index (χ0v) is 14.5. The molecule has 0 spiro atoms.